The fourth-order valence-electron chi connectivity index (χ4n) is 2.65. The summed E-state index contributed by atoms with van der Waals surface area (Å²) in [6.07, 6.45) is 4.65. The highest BCUT2D eigenvalue weighted by atomic mass is 16.5. The van der Waals surface area contributed by atoms with E-state index in [4.69, 9.17) is 4.74 Å². The Kier molecular flexibility index (Phi) is 5.90. The highest BCUT2D eigenvalue weighted by Crippen LogP contribution is 2.35. The van der Waals surface area contributed by atoms with Crippen molar-refractivity contribution < 1.29 is 19.4 Å². The lowest BCUT2D eigenvalue weighted by atomic mass is 9.74. The van der Waals surface area contributed by atoms with Gasteiger partial charge >= 0.3 is 5.97 Å². The first-order valence-corrected chi connectivity index (χ1v) is 7.38. The predicted molar refractivity (Wildman–Crippen MR) is 81.7 cm³/mol. The lowest BCUT2D eigenvalue weighted by molar-refractivity contribution is -0.154. The molecule has 1 N–H and O–H groups in total. The van der Waals surface area contributed by atoms with Gasteiger partial charge in [0, 0.05) is 19.3 Å². The average Bonchev–Trinajstić information content (AvgIpc) is 2.31. The fourth-order valence-corrected chi connectivity index (χ4v) is 2.65. The summed E-state index contributed by atoms with van der Waals surface area (Å²) >= 11 is 0. The largest absolute Gasteiger partial charge is 0.458 e. The molecule has 1 aliphatic rings. The van der Waals surface area contributed by atoms with E-state index in [1.807, 2.05) is 13.8 Å². The van der Waals surface area contributed by atoms with Gasteiger partial charge in [0.05, 0.1) is 5.60 Å². The zero-order valence-electron chi connectivity index (χ0n) is 13.6. The summed E-state index contributed by atoms with van der Waals surface area (Å²) in [6.45, 7) is 8.79. The van der Waals surface area contributed by atoms with Crippen molar-refractivity contribution in [2.24, 2.45) is 5.92 Å². The van der Waals surface area contributed by atoms with Gasteiger partial charge in [-0.1, -0.05) is 11.6 Å². The van der Waals surface area contributed by atoms with E-state index in [2.05, 4.69) is 6.08 Å². The molecular formula is C17H26O4. The van der Waals surface area contributed by atoms with E-state index in [1.165, 1.54) is 12.5 Å². The molecule has 21 heavy (non-hydrogen) atoms. The molecule has 0 fully saturated rings. The Morgan fingerprint density at radius 1 is 1.48 bits per heavy atom. The minimum absolute atomic E-state index is 0.00545. The normalized spacial score (nSPS) is 24.9. The third-order valence-electron chi connectivity index (χ3n) is 3.96. The summed E-state index contributed by atoms with van der Waals surface area (Å²) in [4.78, 5) is 23.2. The molecule has 118 valence electrons. The Hall–Kier alpha value is -1.42. The van der Waals surface area contributed by atoms with E-state index in [1.54, 1.807) is 19.9 Å². The third kappa shape index (κ3) is 5.12. The molecule has 0 spiro atoms. The van der Waals surface area contributed by atoms with Gasteiger partial charge in [0.15, 0.2) is 5.78 Å². The minimum atomic E-state index is -1.06. The molecule has 0 heterocycles. The Morgan fingerprint density at radius 2 is 2.10 bits per heavy atom. The molecule has 1 rings (SSSR count). The molecule has 1 aliphatic carbocycles. The lowest BCUT2D eigenvalue weighted by Crippen LogP contribution is -2.46. The molecule has 0 bridgehead atoms. The van der Waals surface area contributed by atoms with Gasteiger partial charge in [-0.25, -0.2) is 0 Å². The summed E-state index contributed by atoms with van der Waals surface area (Å²) in [6, 6.07) is 0. The monoisotopic (exact) mass is 294 g/mol. The number of allylic oxidation sites excluding steroid dienone is 3. The Balaban J connectivity index is 2.91. The molecule has 0 saturated heterocycles. The fraction of sp³-hybridized carbons (Fsp3) is 0.647. The van der Waals surface area contributed by atoms with Crippen LogP contribution in [0.25, 0.3) is 0 Å². The van der Waals surface area contributed by atoms with Crippen LogP contribution in [0.15, 0.2) is 23.3 Å². The van der Waals surface area contributed by atoms with Gasteiger partial charge in [-0.2, -0.15) is 0 Å². The van der Waals surface area contributed by atoms with E-state index in [0.29, 0.717) is 12.0 Å². The van der Waals surface area contributed by atoms with Gasteiger partial charge in [-0.15, -0.1) is 0 Å². The van der Waals surface area contributed by atoms with Gasteiger partial charge in [0.2, 0.25) is 0 Å². The maximum absolute atomic E-state index is 11.9. The number of carbonyl (C=O) groups excluding carboxylic acids is 2. The van der Waals surface area contributed by atoms with Crippen LogP contribution < -0.4 is 0 Å². The van der Waals surface area contributed by atoms with Gasteiger partial charge in [-0.05, 0) is 52.2 Å². The first kappa shape index (κ1) is 17.6. The third-order valence-corrected chi connectivity index (χ3v) is 3.96. The second-order valence-corrected chi connectivity index (χ2v) is 6.33. The number of aliphatic hydroxyl groups is 1. The van der Waals surface area contributed by atoms with Crippen LogP contribution in [-0.4, -0.2) is 28.6 Å². The summed E-state index contributed by atoms with van der Waals surface area (Å²) in [5.74, 6) is -0.794. The van der Waals surface area contributed by atoms with Crippen molar-refractivity contribution >= 4 is 11.8 Å². The van der Waals surface area contributed by atoms with Crippen molar-refractivity contribution in [1.82, 2.24) is 0 Å². The summed E-state index contributed by atoms with van der Waals surface area (Å²) in [5, 5.41) is 10.7. The van der Waals surface area contributed by atoms with Crippen LogP contribution in [0.4, 0.5) is 0 Å². The number of esters is 1. The number of ketones is 1. The molecular weight excluding hydrogens is 268 g/mol. The van der Waals surface area contributed by atoms with Gasteiger partial charge in [0.25, 0.3) is 0 Å². The quantitative estimate of drug-likeness (QED) is 0.625. The van der Waals surface area contributed by atoms with Crippen molar-refractivity contribution in [2.75, 3.05) is 0 Å². The first-order chi connectivity index (χ1) is 9.63. The van der Waals surface area contributed by atoms with Gasteiger partial charge < -0.3 is 9.84 Å². The molecule has 4 heteroatoms. The zero-order chi connectivity index (χ0) is 16.2. The topological polar surface area (TPSA) is 63.6 Å². The highest BCUT2D eigenvalue weighted by Gasteiger charge is 2.42. The smallest absolute Gasteiger partial charge is 0.303 e. The van der Waals surface area contributed by atoms with Crippen LogP contribution in [0.3, 0.4) is 0 Å². The zero-order valence-corrected chi connectivity index (χ0v) is 13.6. The highest BCUT2D eigenvalue weighted by molar-refractivity contribution is 5.96. The lowest BCUT2D eigenvalue weighted by Gasteiger charge is -2.38. The minimum Gasteiger partial charge on any atom is -0.458 e. The maximum atomic E-state index is 11.9. The maximum Gasteiger partial charge on any atom is 0.303 e. The molecule has 0 aromatic heterocycles. The number of hydrogen-bond acceptors (Lipinski definition) is 4. The number of hydrogen-bond donors (Lipinski definition) is 1. The van der Waals surface area contributed by atoms with Crippen molar-refractivity contribution in [3.8, 4) is 0 Å². The van der Waals surface area contributed by atoms with Crippen LogP contribution in [0.5, 0.6) is 0 Å². The Morgan fingerprint density at radius 3 is 2.62 bits per heavy atom. The molecule has 0 aliphatic heterocycles. The summed E-state index contributed by atoms with van der Waals surface area (Å²) in [7, 11) is 0. The molecule has 0 aromatic rings. The summed E-state index contributed by atoms with van der Waals surface area (Å²) < 4.78 is 5.29. The first-order valence-electron chi connectivity index (χ1n) is 7.38. The van der Waals surface area contributed by atoms with Crippen molar-refractivity contribution in [3.05, 3.63) is 23.3 Å². The molecule has 0 unspecified atom stereocenters. The second kappa shape index (κ2) is 7.03. The van der Waals surface area contributed by atoms with Crippen LogP contribution in [-0.2, 0) is 14.3 Å². The van der Waals surface area contributed by atoms with E-state index in [0.717, 1.165) is 6.42 Å². The average molecular weight is 294 g/mol. The van der Waals surface area contributed by atoms with Crippen molar-refractivity contribution in [3.63, 3.8) is 0 Å². The molecule has 0 saturated carbocycles. The number of Topliss-reactive ketones (excluding diaryl/α,β-unsaturated/α-hetero) is 1. The number of ether oxygens (including phenoxy) is 1. The molecule has 0 amide bonds. The van der Waals surface area contributed by atoms with Crippen LogP contribution >= 0.6 is 0 Å². The standard InChI is InChI=1S/C17H26O4/c1-11(2)7-6-8-17(5,20)14-10-15(19)12(3)9-16(14)21-13(4)18/h7,9,14,16,20H,6,8,10H2,1-5H3/t14-,16-,17-/m1/s1. The molecule has 3 atom stereocenters. The Bertz CT molecular complexity index is 467. The molecule has 4 nitrogen and oxygen atoms in total. The van der Waals surface area contributed by atoms with Gasteiger partial charge in [0.1, 0.15) is 6.10 Å². The van der Waals surface area contributed by atoms with Crippen molar-refractivity contribution in [2.45, 2.75) is 65.6 Å². The van der Waals surface area contributed by atoms with E-state index >= 15 is 0 Å². The SMILES string of the molecule is CC(=O)O[C@@H]1C=C(C)C(=O)C[C@H]1[C@](C)(O)CCC=C(C)C. The summed E-state index contributed by atoms with van der Waals surface area (Å²) in [5.41, 5.74) is 0.731. The van der Waals surface area contributed by atoms with Crippen LogP contribution in [0.2, 0.25) is 0 Å². The van der Waals surface area contributed by atoms with E-state index < -0.39 is 23.6 Å². The second-order valence-electron chi connectivity index (χ2n) is 6.33. The Labute approximate surface area is 126 Å². The van der Waals surface area contributed by atoms with Crippen molar-refractivity contribution in [1.29, 1.82) is 0 Å². The molecule has 0 aromatic carbocycles. The van der Waals surface area contributed by atoms with E-state index in [9.17, 15) is 14.7 Å². The van der Waals surface area contributed by atoms with Gasteiger partial charge in [-0.3, -0.25) is 9.59 Å². The predicted octanol–water partition coefficient (Wildman–Crippen LogP) is 2.95. The molecule has 0 radical (unpaired) electrons. The van der Waals surface area contributed by atoms with E-state index in [-0.39, 0.29) is 12.2 Å². The number of rotatable bonds is 5. The van der Waals surface area contributed by atoms with Crippen LogP contribution in [0, 0.1) is 5.92 Å². The van der Waals surface area contributed by atoms with Crippen LogP contribution in [0.1, 0.15) is 53.9 Å². The number of carbonyl (C=O) groups is 2.